The van der Waals surface area contributed by atoms with Crippen molar-refractivity contribution >= 4 is 27.3 Å². The number of fused-ring (bicyclic) bond motifs is 1. The van der Waals surface area contributed by atoms with Gasteiger partial charge in [-0.15, -0.1) is 0 Å². The molecule has 0 bridgehead atoms. The summed E-state index contributed by atoms with van der Waals surface area (Å²) in [6, 6.07) is 13.1. The van der Waals surface area contributed by atoms with Crippen LogP contribution in [0.15, 0.2) is 42.5 Å². The molecule has 7 heteroatoms. The number of hydrogen-bond donors (Lipinski definition) is 1. The highest BCUT2D eigenvalue weighted by Crippen LogP contribution is 2.31. The first-order chi connectivity index (χ1) is 13.8. The van der Waals surface area contributed by atoms with Crippen LogP contribution in [0.25, 0.3) is 0 Å². The molecule has 0 spiro atoms. The molecule has 29 heavy (non-hydrogen) atoms. The zero-order chi connectivity index (χ0) is 21.0. The Hall–Kier alpha value is -2.54. The summed E-state index contributed by atoms with van der Waals surface area (Å²) < 4.78 is 31.6. The number of nitrogens with zero attached hydrogens (tertiary/aromatic N) is 1. The van der Waals surface area contributed by atoms with Crippen molar-refractivity contribution < 1.29 is 17.9 Å². The van der Waals surface area contributed by atoms with Crippen LogP contribution in [0.1, 0.15) is 44.2 Å². The summed E-state index contributed by atoms with van der Waals surface area (Å²) in [5, 5.41) is 2.83. The maximum Gasteiger partial charge on any atom is 0.262 e. The minimum atomic E-state index is -3.29. The molecule has 0 fully saturated rings. The van der Waals surface area contributed by atoms with Crippen molar-refractivity contribution in [3.8, 4) is 5.75 Å². The second-order valence-electron chi connectivity index (χ2n) is 7.48. The summed E-state index contributed by atoms with van der Waals surface area (Å²) in [5.74, 6) is 0.905. The van der Waals surface area contributed by atoms with Crippen LogP contribution >= 0.6 is 0 Å². The second-order valence-corrected chi connectivity index (χ2v) is 9.66. The van der Waals surface area contributed by atoms with Gasteiger partial charge >= 0.3 is 0 Å². The Balaban J connectivity index is 1.62. The van der Waals surface area contributed by atoms with Gasteiger partial charge in [-0.2, -0.15) is 0 Å². The first-order valence-electron chi connectivity index (χ1n) is 9.96. The lowest BCUT2D eigenvalue weighted by atomic mass is 10.0. The average molecular weight is 417 g/mol. The van der Waals surface area contributed by atoms with Crippen molar-refractivity contribution in [2.24, 2.45) is 0 Å². The number of nitrogens with one attached hydrogen (secondary N) is 1. The molecule has 1 N–H and O–H groups in total. The predicted octanol–water partition coefficient (Wildman–Crippen LogP) is 3.93. The number of amides is 1. The summed E-state index contributed by atoms with van der Waals surface area (Å²) in [4.78, 5) is 12.3. The first kappa shape index (κ1) is 21.2. The fraction of sp³-hybridized carbons (Fsp3) is 0.409. The van der Waals surface area contributed by atoms with Gasteiger partial charge in [-0.3, -0.25) is 9.10 Å². The van der Waals surface area contributed by atoms with Crippen LogP contribution < -0.4 is 14.4 Å². The van der Waals surface area contributed by atoms with Crippen molar-refractivity contribution in [1.29, 1.82) is 0 Å². The fourth-order valence-corrected chi connectivity index (χ4v) is 4.58. The number of ether oxygens (including phenoxy) is 1. The van der Waals surface area contributed by atoms with Gasteiger partial charge in [0.25, 0.3) is 5.91 Å². The van der Waals surface area contributed by atoms with Crippen molar-refractivity contribution in [3.63, 3.8) is 0 Å². The van der Waals surface area contributed by atoms with E-state index in [9.17, 15) is 13.2 Å². The molecule has 0 atom stereocenters. The van der Waals surface area contributed by atoms with Crippen molar-refractivity contribution in [2.75, 3.05) is 28.5 Å². The zero-order valence-corrected chi connectivity index (χ0v) is 18.0. The van der Waals surface area contributed by atoms with E-state index >= 15 is 0 Å². The van der Waals surface area contributed by atoms with E-state index in [2.05, 4.69) is 19.2 Å². The monoisotopic (exact) mass is 416 g/mol. The van der Waals surface area contributed by atoms with Crippen LogP contribution in [0.3, 0.4) is 0 Å². The number of anilines is 2. The third-order valence-electron chi connectivity index (χ3n) is 5.06. The molecule has 1 heterocycles. The molecule has 1 amide bonds. The summed E-state index contributed by atoms with van der Waals surface area (Å²) in [5.41, 5.74) is 3.49. The van der Waals surface area contributed by atoms with Crippen LogP contribution in [0.4, 0.5) is 11.4 Å². The molecule has 1 aliphatic rings. The standard InChI is InChI=1S/C22H28N2O4S/c1-4-29(26,27)24-13-5-6-18-14-19(9-12-21(18)24)23-22(25)15-28-20-10-7-17(8-11-20)16(2)3/h7-12,14,16H,4-6,13,15H2,1-3H3,(H,23,25). The van der Waals surface area contributed by atoms with Gasteiger partial charge in [0.05, 0.1) is 11.4 Å². The maximum atomic E-state index is 12.3. The molecule has 0 unspecified atom stereocenters. The highest BCUT2D eigenvalue weighted by Gasteiger charge is 2.26. The number of hydrogen-bond acceptors (Lipinski definition) is 4. The van der Waals surface area contributed by atoms with E-state index in [1.807, 2.05) is 30.3 Å². The lowest BCUT2D eigenvalue weighted by Gasteiger charge is -2.30. The van der Waals surface area contributed by atoms with Gasteiger partial charge in [0, 0.05) is 12.2 Å². The Labute approximate surface area is 172 Å². The van der Waals surface area contributed by atoms with Crippen molar-refractivity contribution in [3.05, 3.63) is 53.6 Å². The van der Waals surface area contributed by atoms with E-state index in [0.29, 0.717) is 29.6 Å². The van der Waals surface area contributed by atoms with Gasteiger partial charge in [0.1, 0.15) is 5.75 Å². The molecule has 0 radical (unpaired) electrons. The van der Waals surface area contributed by atoms with Gasteiger partial charge in [0.15, 0.2) is 6.61 Å². The van der Waals surface area contributed by atoms with E-state index in [0.717, 1.165) is 18.4 Å². The fourth-order valence-electron chi connectivity index (χ4n) is 3.38. The Kier molecular flexibility index (Phi) is 6.47. The van der Waals surface area contributed by atoms with Crippen LogP contribution in [0, 0.1) is 0 Å². The molecule has 0 saturated heterocycles. The largest absolute Gasteiger partial charge is 0.484 e. The quantitative estimate of drug-likeness (QED) is 0.742. The maximum absolute atomic E-state index is 12.3. The number of sulfonamides is 1. The highest BCUT2D eigenvalue weighted by atomic mass is 32.2. The SMILES string of the molecule is CCS(=O)(=O)N1CCCc2cc(NC(=O)COc3ccc(C(C)C)cc3)ccc21. The van der Waals surface area contributed by atoms with Gasteiger partial charge in [-0.1, -0.05) is 26.0 Å². The summed E-state index contributed by atoms with van der Waals surface area (Å²) in [6.07, 6.45) is 1.55. The Bertz CT molecular complexity index is 969. The van der Waals surface area contributed by atoms with Gasteiger partial charge in [-0.05, 0) is 67.1 Å². The molecule has 6 nitrogen and oxygen atoms in total. The minimum Gasteiger partial charge on any atom is -0.484 e. The molecular formula is C22H28N2O4S. The van der Waals surface area contributed by atoms with E-state index in [1.165, 1.54) is 9.87 Å². The Morgan fingerprint density at radius 1 is 1.17 bits per heavy atom. The average Bonchev–Trinajstić information content (AvgIpc) is 2.72. The van der Waals surface area contributed by atoms with E-state index in [1.54, 1.807) is 19.1 Å². The molecule has 2 aromatic carbocycles. The molecule has 3 rings (SSSR count). The second kappa shape index (κ2) is 8.86. The Morgan fingerprint density at radius 3 is 2.55 bits per heavy atom. The van der Waals surface area contributed by atoms with Gasteiger partial charge in [-0.25, -0.2) is 8.42 Å². The van der Waals surface area contributed by atoms with Crippen LogP contribution in [-0.4, -0.2) is 33.2 Å². The number of aryl methyl sites for hydroxylation is 1. The highest BCUT2D eigenvalue weighted by molar-refractivity contribution is 7.92. The van der Waals surface area contributed by atoms with Crippen molar-refractivity contribution in [1.82, 2.24) is 0 Å². The molecule has 0 aliphatic carbocycles. The normalized spacial score (nSPS) is 13.9. The first-order valence-corrected chi connectivity index (χ1v) is 11.6. The third-order valence-corrected chi connectivity index (χ3v) is 6.84. The minimum absolute atomic E-state index is 0.0699. The third kappa shape index (κ3) is 5.09. The van der Waals surface area contributed by atoms with Crippen LogP contribution in [0.2, 0.25) is 0 Å². The molecule has 0 aromatic heterocycles. The number of carbonyl (C=O) groups excluding carboxylic acids is 1. The topological polar surface area (TPSA) is 75.7 Å². The zero-order valence-electron chi connectivity index (χ0n) is 17.1. The molecule has 0 saturated carbocycles. The number of benzene rings is 2. The van der Waals surface area contributed by atoms with Crippen LogP contribution in [0.5, 0.6) is 5.75 Å². The molecule has 1 aliphatic heterocycles. The van der Waals surface area contributed by atoms with Gasteiger partial charge < -0.3 is 10.1 Å². The number of rotatable bonds is 7. The smallest absolute Gasteiger partial charge is 0.262 e. The van der Waals surface area contributed by atoms with Crippen LogP contribution in [-0.2, 0) is 21.2 Å². The van der Waals surface area contributed by atoms with E-state index in [4.69, 9.17) is 4.74 Å². The summed E-state index contributed by atoms with van der Waals surface area (Å²) in [6.45, 7) is 6.30. The number of carbonyl (C=O) groups is 1. The molecular weight excluding hydrogens is 388 g/mol. The molecule has 156 valence electrons. The van der Waals surface area contributed by atoms with Crippen molar-refractivity contribution in [2.45, 2.75) is 39.5 Å². The lowest BCUT2D eigenvalue weighted by Crippen LogP contribution is -2.36. The Morgan fingerprint density at radius 2 is 1.90 bits per heavy atom. The lowest BCUT2D eigenvalue weighted by molar-refractivity contribution is -0.118. The van der Waals surface area contributed by atoms with E-state index < -0.39 is 10.0 Å². The van der Waals surface area contributed by atoms with Gasteiger partial charge in [0.2, 0.25) is 10.0 Å². The predicted molar refractivity (Wildman–Crippen MR) is 116 cm³/mol. The summed E-state index contributed by atoms with van der Waals surface area (Å²) in [7, 11) is -3.29. The van der Waals surface area contributed by atoms with E-state index in [-0.39, 0.29) is 18.3 Å². The summed E-state index contributed by atoms with van der Waals surface area (Å²) >= 11 is 0. The molecule has 2 aromatic rings.